The van der Waals surface area contributed by atoms with Crippen molar-refractivity contribution in [2.75, 3.05) is 4.72 Å². The van der Waals surface area contributed by atoms with E-state index in [1.165, 1.54) is 18.2 Å². The van der Waals surface area contributed by atoms with E-state index in [0.717, 1.165) is 6.07 Å². The summed E-state index contributed by atoms with van der Waals surface area (Å²) < 4.78 is 45.1. The molecule has 2 N–H and O–H groups in total. The van der Waals surface area contributed by atoms with E-state index >= 15 is 0 Å². The zero-order valence-corrected chi connectivity index (χ0v) is 13.7. The molecule has 1 aromatic carbocycles. The lowest BCUT2D eigenvalue weighted by atomic mass is 10.3. The summed E-state index contributed by atoms with van der Waals surface area (Å²) >= 11 is 6.08. The van der Waals surface area contributed by atoms with Crippen molar-refractivity contribution in [2.45, 2.75) is 11.5 Å². The third-order valence-corrected chi connectivity index (χ3v) is 5.24. The number of hydrogen-bond donors (Lipinski definition) is 2. The van der Waals surface area contributed by atoms with Crippen LogP contribution in [0.5, 0.6) is 0 Å². The van der Waals surface area contributed by atoms with Crippen LogP contribution in [0.25, 0.3) is 0 Å². The molecule has 0 aliphatic heterocycles. The first-order chi connectivity index (χ1) is 9.33. The van der Waals surface area contributed by atoms with Gasteiger partial charge in [-0.2, -0.15) is 0 Å². The maximum absolute atomic E-state index is 13.1. The number of aliphatic hydroxyl groups excluding tert-OH is 1. The maximum Gasteiger partial charge on any atom is 0.266 e. The number of nitrogens with one attached hydrogen (secondary N) is 1. The third-order valence-electron chi connectivity index (χ3n) is 2.32. The molecule has 0 saturated heterocycles. The van der Waals surface area contributed by atoms with E-state index in [1.54, 1.807) is 0 Å². The summed E-state index contributed by atoms with van der Waals surface area (Å²) in [5.74, 6) is -0.483. The molecule has 0 radical (unpaired) electrons. The highest BCUT2D eigenvalue weighted by Crippen LogP contribution is 2.30. The van der Waals surface area contributed by atoms with Crippen LogP contribution in [0.15, 0.2) is 42.7 Å². The van der Waals surface area contributed by atoms with Crippen LogP contribution in [-0.4, -0.2) is 13.5 Å². The Hall–Kier alpha value is -0.900. The lowest BCUT2D eigenvalue weighted by Crippen LogP contribution is -2.13. The summed E-state index contributed by atoms with van der Waals surface area (Å²) in [5, 5.41) is 8.92. The Morgan fingerprint density at radius 2 is 2.00 bits per heavy atom. The van der Waals surface area contributed by atoms with E-state index in [9.17, 15) is 12.8 Å². The van der Waals surface area contributed by atoms with E-state index in [1.807, 2.05) is 0 Å². The van der Waals surface area contributed by atoms with Crippen LogP contribution in [-0.2, 0) is 16.6 Å². The number of sulfonamides is 1. The van der Waals surface area contributed by atoms with Gasteiger partial charge in [0, 0.05) is 10.5 Å². The number of aliphatic hydroxyl groups is 1. The highest BCUT2D eigenvalue weighted by Gasteiger charge is 2.23. The summed E-state index contributed by atoms with van der Waals surface area (Å²) in [4.78, 5) is -0.183. The first kappa shape index (κ1) is 15.5. The molecule has 0 saturated carbocycles. The molecule has 0 fully saturated rings. The minimum absolute atomic E-state index is 0.0402. The zero-order chi connectivity index (χ0) is 14.9. The summed E-state index contributed by atoms with van der Waals surface area (Å²) in [6, 6.07) is 4.80. The highest BCUT2D eigenvalue weighted by molar-refractivity contribution is 9.10. The van der Waals surface area contributed by atoms with Gasteiger partial charge in [0.25, 0.3) is 10.0 Å². The van der Waals surface area contributed by atoms with Crippen molar-refractivity contribution < 1.29 is 22.3 Å². The average molecular weight is 429 g/mol. The quantitative estimate of drug-likeness (QED) is 0.783. The highest BCUT2D eigenvalue weighted by atomic mass is 79.9. The molecule has 9 heteroatoms. The molecule has 0 aliphatic carbocycles. The molecule has 1 aromatic heterocycles. The second-order valence-electron chi connectivity index (χ2n) is 3.74. The van der Waals surface area contributed by atoms with Crippen LogP contribution in [0, 0.1) is 5.82 Å². The zero-order valence-electron chi connectivity index (χ0n) is 9.73. The van der Waals surface area contributed by atoms with Crippen molar-refractivity contribution in [3.8, 4) is 0 Å². The van der Waals surface area contributed by atoms with E-state index in [2.05, 4.69) is 36.6 Å². The lowest BCUT2D eigenvalue weighted by molar-refractivity contribution is 0.245. The van der Waals surface area contributed by atoms with E-state index < -0.39 is 22.4 Å². The van der Waals surface area contributed by atoms with Crippen molar-refractivity contribution in [3.63, 3.8) is 0 Å². The van der Waals surface area contributed by atoms with Crippen LogP contribution in [0.2, 0.25) is 0 Å². The monoisotopic (exact) mass is 427 g/mol. The molecule has 0 unspecified atom stereocenters. The van der Waals surface area contributed by atoms with Crippen LogP contribution >= 0.6 is 31.9 Å². The number of halogens is 3. The summed E-state index contributed by atoms with van der Waals surface area (Å²) in [5.41, 5.74) is 0.0589. The van der Waals surface area contributed by atoms with Crippen molar-refractivity contribution in [1.82, 2.24) is 0 Å². The SMILES string of the molecule is O=S(=O)(Nc1cc(F)ccc1Br)c1cc(CO)oc1Br. The number of rotatable bonds is 4. The Labute approximate surface area is 131 Å². The molecule has 2 rings (SSSR count). The van der Waals surface area contributed by atoms with Crippen molar-refractivity contribution in [2.24, 2.45) is 0 Å². The van der Waals surface area contributed by atoms with Gasteiger partial charge in [0.2, 0.25) is 0 Å². The molecular formula is C11H8Br2FNO4S. The lowest BCUT2D eigenvalue weighted by Gasteiger charge is -2.08. The fraction of sp³-hybridized carbons (Fsp3) is 0.0909. The summed E-state index contributed by atoms with van der Waals surface area (Å²) in [6.07, 6.45) is 0. The predicted octanol–water partition coefficient (Wildman–Crippen LogP) is 3.24. The van der Waals surface area contributed by atoms with Crippen LogP contribution < -0.4 is 4.72 Å². The van der Waals surface area contributed by atoms with Gasteiger partial charge in [-0.1, -0.05) is 0 Å². The fourth-order valence-electron chi connectivity index (χ4n) is 1.43. The molecule has 0 aliphatic rings. The molecule has 2 aromatic rings. The first-order valence-corrected chi connectivity index (χ1v) is 8.27. The smallest absolute Gasteiger partial charge is 0.266 e. The molecule has 0 atom stereocenters. The van der Waals surface area contributed by atoms with E-state index in [-0.39, 0.29) is 21.0 Å². The Balaban J connectivity index is 2.40. The third kappa shape index (κ3) is 3.22. The molecule has 5 nitrogen and oxygen atoms in total. The van der Waals surface area contributed by atoms with Gasteiger partial charge in [0.05, 0.1) is 5.69 Å². The number of benzene rings is 1. The second kappa shape index (κ2) is 5.84. The minimum Gasteiger partial charge on any atom is -0.450 e. The van der Waals surface area contributed by atoms with Crippen molar-refractivity contribution >= 4 is 47.6 Å². The van der Waals surface area contributed by atoms with Gasteiger partial charge in [-0.3, -0.25) is 4.72 Å². The van der Waals surface area contributed by atoms with Crippen LogP contribution in [0.1, 0.15) is 5.76 Å². The number of furan rings is 1. The minimum atomic E-state index is -3.97. The van der Waals surface area contributed by atoms with Gasteiger partial charge in [0.15, 0.2) is 4.67 Å². The Kier molecular flexibility index (Phi) is 4.52. The van der Waals surface area contributed by atoms with Gasteiger partial charge >= 0.3 is 0 Å². The van der Waals surface area contributed by atoms with Crippen molar-refractivity contribution in [1.29, 1.82) is 0 Å². The van der Waals surface area contributed by atoms with Gasteiger partial charge in [-0.25, -0.2) is 12.8 Å². The van der Waals surface area contributed by atoms with E-state index in [0.29, 0.717) is 4.47 Å². The summed E-state index contributed by atoms with van der Waals surface area (Å²) in [7, 11) is -3.97. The largest absolute Gasteiger partial charge is 0.450 e. The van der Waals surface area contributed by atoms with Crippen molar-refractivity contribution in [3.05, 3.63) is 45.0 Å². The predicted molar refractivity (Wildman–Crippen MR) is 77.2 cm³/mol. The molecule has 20 heavy (non-hydrogen) atoms. The molecule has 108 valence electrons. The Morgan fingerprint density at radius 1 is 1.30 bits per heavy atom. The topological polar surface area (TPSA) is 79.5 Å². The molecule has 1 heterocycles. The second-order valence-corrected chi connectivity index (χ2v) is 6.96. The van der Waals surface area contributed by atoms with Gasteiger partial charge in [-0.15, -0.1) is 0 Å². The van der Waals surface area contributed by atoms with Crippen LogP contribution in [0.4, 0.5) is 10.1 Å². The fourth-order valence-corrected chi connectivity index (χ4v) is 3.98. The summed E-state index contributed by atoms with van der Waals surface area (Å²) in [6.45, 7) is -0.433. The number of anilines is 1. The maximum atomic E-state index is 13.1. The van der Waals surface area contributed by atoms with E-state index in [4.69, 9.17) is 9.52 Å². The van der Waals surface area contributed by atoms with Gasteiger partial charge < -0.3 is 9.52 Å². The first-order valence-electron chi connectivity index (χ1n) is 5.20. The Bertz CT molecular complexity index is 745. The van der Waals surface area contributed by atoms with Gasteiger partial charge in [0.1, 0.15) is 23.1 Å². The molecule has 0 bridgehead atoms. The standard InChI is InChI=1S/C11H8Br2FNO4S/c12-8-2-1-6(14)3-9(8)15-20(17,18)10-4-7(5-16)19-11(10)13/h1-4,15-16H,5H2. The number of hydrogen-bond acceptors (Lipinski definition) is 4. The van der Waals surface area contributed by atoms with Gasteiger partial charge in [-0.05, 0) is 50.1 Å². The van der Waals surface area contributed by atoms with Crippen LogP contribution in [0.3, 0.4) is 0 Å². The Morgan fingerprint density at radius 3 is 2.60 bits per heavy atom. The normalized spacial score (nSPS) is 11.6. The molecule has 0 spiro atoms. The molecule has 0 amide bonds. The average Bonchev–Trinajstić information content (AvgIpc) is 2.76. The molecular weight excluding hydrogens is 421 g/mol.